The lowest BCUT2D eigenvalue weighted by molar-refractivity contribution is 0.0972. The smallest absolute Gasteiger partial charge is 0.263 e. The summed E-state index contributed by atoms with van der Waals surface area (Å²) in [7, 11) is -2.62. The van der Waals surface area contributed by atoms with E-state index < -0.39 is 10.0 Å². The number of hydrogen-bond donors (Lipinski definition) is 2. The normalized spacial score (nSPS) is 11.3. The number of anilines is 3. The number of ether oxygens (including phenoxy) is 1. The topological polar surface area (TPSA) is 115 Å². The number of carbonyl (C=O) groups excluding carboxylic acids is 1. The number of Topliss-reactive ketones (excluding diaryl/α,β-unsaturated/α-hetero) is 1. The first kappa shape index (κ1) is 25.2. The summed E-state index contributed by atoms with van der Waals surface area (Å²) in [5.41, 5.74) is 1.76. The molecule has 0 amide bonds. The zero-order valence-corrected chi connectivity index (χ0v) is 21.7. The van der Waals surface area contributed by atoms with Crippen molar-refractivity contribution >= 4 is 55.8 Å². The van der Waals surface area contributed by atoms with Gasteiger partial charge >= 0.3 is 0 Å². The molecule has 2 N–H and O–H groups in total. The van der Waals surface area contributed by atoms with Gasteiger partial charge in [-0.3, -0.25) is 9.52 Å². The molecule has 0 bridgehead atoms. The highest BCUT2D eigenvalue weighted by atomic mass is 35.5. The molecule has 5 rings (SSSR count). The van der Waals surface area contributed by atoms with Gasteiger partial charge in [0.2, 0.25) is 0 Å². The number of nitrogens with one attached hydrogen (secondary N) is 2. The van der Waals surface area contributed by atoms with Crippen molar-refractivity contribution in [1.29, 1.82) is 0 Å². The van der Waals surface area contributed by atoms with E-state index in [4.69, 9.17) is 16.3 Å². The van der Waals surface area contributed by atoms with Crippen LogP contribution in [0.1, 0.15) is 10.4 Å². The lowest BCUT2D eigenvalue weighted by atomic mass is 10.1. The van der Waals surface area contributed by atoms with Crippen molar-refractivity contribution < 1.29 is 17.9 Å². The van der Waals surface area contributed by atoms with Crippen LogP contribution in [0, 0.1) is 0 Å². The Kier molecular flexibility index (Phi) is 6.99. The second-order valence-electron chi connectivity index (χ2n) is 8.29. The fourth-order valence-corrected chi connectivity index (χ4v) is 4.99. The molecule has 0 atom stereocenters. The molecule has 38 heavy (non-hydrogen) atoms. The van der Waals surface area contributed by atoms with Crippen LogP contribution in [0.4, 0.5) is 17.3 Å². The number of para-hydroxylation sites is 2. The van der Waals surface area contributed by atoms with Crippen LogP contribution in [0.15, 0.2) is 96.2 Å². The number of ketones is 1. The zero-order valence-electron chi connectivity index (χ0n) is 20.1. The maximum absolute atomic E-state index is 13.4. The standard InChI is InChI=1S/C27H22ClN5O4S/c1-37-19-11-12-21(28)24(16-19)31-26-27(30-23-10-3-2-9-22(23)29-26)32-38(35,36)20-8-6-7-18(15-20)25(34)17-33-13-4-5-14-33/h2-16H,17H2,1H3,(H,29,31)(H,30,32). The van der Waals surface area contributed by atoms with Crippen LogP contribution in [0.3, 0.4) is 0 Å². The SMILES string of the molecule is COc1ccc(Cl)c(Nc2nc3ccccc3nc2NS(=O)(=O)c2cccc(C(=O)Cn3cccc3)c2)c1. The Balaban J connectivity index is 1.50. The van der Waals surface area contributed by atoms with E-state index >= 15 is 0 Å². The van der Waals surface area contributed by atoms with Gasteiger partial charge in [-0.15, -0.1) is 0 Å². The second kappa shape index (κ2) is 10.5. The monoisotopic (exact) mass is 547 g/mol. The van der Waals surface area contributed by atoms with Crippen molar-refractivity contribution in [3.63, 3.8) is 0 Å². The summed E-state index contributed by atoms with van der Waals surface area (Å²) in [4.78, 5) is 21.7. The van der Waals surface area contributed by atoms with Crippen molar-refractivity contribution in [3.05, 3.63) is 102 Å². The average Bonchev–Trinajstić information content (AvgIpc) is 3.43. The summed E-state index contributed by atoms with van der Waals surface area (Å²) in [5.74, 6) is 0.432. The molecule has 9 nitrogen and oxygen atoms in total. The second-order valence-corrected chi connectivity index (χ2v) is 10.4. The van der Waals surface area contributed by atoms with E-state index in [1.807, 2.05) is 12.1 Å². The zero-order chi connectivity index (χ0) is 26.7. The molecule has 0 radical (unpaired) electrons. The van der Waals surface area contributed by atoms with E-state index in [0.717, 1.165) is 0 Å². The van der Waals surface area contributed by atoms with Gasteiger partial charge in [0.15, 0.2) is 17.4 Å². The minimum Gasteiger partial charge on any atom is -0.497 e. The number of fused-ring (bicyclic) bond motifs is 1. The molecule has 192 valence electrons. The van der Waals surface area contributed by atoms with Gasteiger partial charge in [0.25, 0.3) is 10.0 Å². The van der Waals surface area contributed by atoms with Gasteiger partial charge in [-0.2, -0.15) is 0 Å². The summed E-state index contributed by atoms with van der Waals surface area (Å²) < 4.78 is 36.4. The summed E-state index contributed by atoms with van der Waals surface area (Å²) in [6.45, 7) is 0.0927. The maximum Gasteiger partial charge on any atom is 0.263 e. The number of nitrogens with zero attached hydrogens (tertiary/aromatic N) is 3. The molecular formula is C27H22ClN5O4S. The summed E-state index contributed by atoms with van der Waals surface area (Å²) in [6.07, 6.45) is 3.53. The fourth-order valence-electron chi connectivity index (χ4n) is 3.77. The number of benzene rings is 3. The van der Waals surface area contributed by atoms with Crippen LogP contribution in [-0.2, 0) is 16.6 Å². The van der Waals surface area contributed by atoms with Crippen molar-refractivity contribution in [2.45, 2.75) is 11.4 Å². The molecule has 0 saturated heterocycles. The summed E-state index contributed by atoms with van der Waals surface area (Å²) in [5, 5.41) is 3.44. The number of hydrogen-bond acceptors (Lipinski definition) is 7. The fraction of sp³-hybridized carbons (Fsp3) is 0.0741. The lowest BCUT2D eigenvalue weighted by Gasteiger charge is -2.15. The molecule has 0 aliphatic carbocycles. The number of sulfonamides is 1. The Hall–Kier alpha value is -4.41. The first-order valence-electron chi connectivity index (χ1n) is 11.5. The molecule has 0 fully saturated rings. The molecule has 0 spiro atoms. The Bertz CT molecular complexity index is 1740. The van der Waals surface area contributed by atoms with Crippen molar-refractivity contribution in [1.82, 2.24) is 14.5 Å². The van der Waals surface area contributed by atoms with Gasteiger partial charge in [-0.1, -0.05) is 35.9 Å². The van der Waals surface area contributed by atoms with Crippen LogP contribution in [-0.4, -0.2) is 35.8 Å². The number of halogens is 1. The van der Waals surface area contributed by atoms with E-state index in [1.54, 1.807) is 65.5 Å². The van der Waals surface area contributed by atoms with E-state index in [0.29, 0.717) is 27.5 Å². The first-order valence-corrected chi connectivity index (χ1v) is 13.3. The highest BCUT2D eigenvalue weighted by molar-refractivity contribution is 7.92. The molecule has 0 unspecified atom stereocenters. The molecule has 0 saturated carbocycles. The first-order chi connectivity index (χ1) is 18.3. The Morgan fingerprint density at radius 1 is 0.921 bits per heavy atom. The molecule has 2 aromatic heterocycles. The van der Waals surface area contributed by atoms with Crippen LogP contribution >= 0.6 is 11.6 Å². The van der Waals surface area contributed by atoms with E-state index in [9.17, 15) is 13.2 Å². The molecule has 11 heteroatoms. The largest absolute Gasteiger partial charge is 0.497 e. The number of aromatic nitrogens is 3. The third-order valence-electron chi connectivity index (χ3n) is 5.69. The molecule has 0 aliphatic rings. The van der Waals surface area contributed by atoms with E-state index in [2.05, 4.69) is 20.0 Å². The molecule has 0 aliphatic heterocycles. The van der Waals surface area contributed by atoms with E-state index in [-0.39, 0.29) is 34.4 Å². The van der Waals surface area contributed by atoms with Crippen molar-refractivity contribution in [2.24, 2.45) is 0 Å². The van der Waals surface area contributed by atoms with Gasteiger partial charge in [-0.05, 0) is 48.5 Å². The predicted octanol–water partition coefficient (Wildman–Crippen LogP) is 5.52. The molecular weight excluding hydrogens is 526 g/mol. The Labute approximate surface area is 224 Å². The van der Waals surface area contributed by atoms with Crippen LogP contribution < -0.4 is 14.8 Å². The quantitative estimate of drug-likeness (QED) is 0.233. The number of rotatable bonds is 9. The van der Waals surface area contributed by atoms with Crippen LogP contribution in [0.2, 0.25) is 5.02 Å². The molecule has 5 aromatic rings. The third-order valence-corrected chi connectivity index (χ3v) is 7.35. The minimum atomic E-state index is -4.15. The third kappa shape index (κ3) is 5.46. The highest BCUT2D eigenvalue weighted by Crippen LogP contribution is 2.32. The van der Waals surface area contributed by atoms with Crippen molar-refractivity contribution in [2.75, 3.05) is 17.1 Å². The minimum absolute atomic E-state index is 0.0355. The van der Waals surface area contributed by atoms with Gasteiger partial charge in [0, 0.05) is 24.0 Å². The van der Waals surface area contributed by atoms with Crippen LogP contribution in [0.5, 0.6) is 5.75 Å². The molecule has 2 heterocycles. The van der Waals surface area contributed by atoms with Crippen molar-refractivity contribution in [3.8, 4) is 5.75 Å². The van der Waals surface area contributed by atoms with Gasteiger partial charge in [0.1, 0.15) is 5.75 Å². The number of methoxy groups -OCH3 is 1. The highest BCUT2D eigenvalue weighted by Gasteiger charge is 2.21. The Morgan fingerprint density at radius 3 is 2.34 bits per heavy atom. The number of carbonyl (C=O) groups is 1. The maximum atomic E-state index is 13.4. The predicted molar refractivity (Wildman–Crippen MR) is 147 cm³/mol. The van der Waals surface area contributed by atoms with E-state index in [1.165, 1.54) is 25.3 Å². The van der Waals surface area contributed by atoms with Gasteiger partial charge in [0.05, 0.1) is 40.3 Å². The van der Waals surface area contributed by atoms with Gasteiger partial charge in [-0.25, -0.2) is 18.4 Å². The van der Waals surface area contributed by atoms with Crippen LogP contribution in [0.25, 0.3) is 11.0 Å². The molecule has 3 aromatic carbocycles. The Morgan fingerprint density at radius 2 is 1.63 bits per heavy atom. The summed E-state index contributed by atoms with van der Waals surface area (Å²) in [6, 6.07) is 21.6. The lowest BCUT2D eigenvalue weighted by Crippen LogP contribution is -2.17. The average molecular weight is 548 g/mol. The summed E-state index contributed by atoms with van der Waals surface area (Å²) >= 11 is 6.36. The van der Waals surface area contributed by atoms with Gasteiger partial charge < -0.3 is 14.6 Å².